The normalized spacial score (nSPS) is 11.2. The van der Waals surface area contributed by atoms with Gasteiger partial charge in [0.1, 0.15) is 0 Å². The third kappa shape index (κ3) is 13.4. The van der Waals surface area contributed by atoms with Crippen LogP contribution in [0, 0.1) is 11.8 Å². The fourth-order valence-corrected chi connectivity index (χ4v) is 3.50. The number of hydrogen-bond donors (Lipinski definition) is 0. The minimum absolute atomic E-state index is 0.121. The molecule has 1 heterocycles. The third-order valence-corrected chi connectivity index (χ3v) is 5.49. The van der Waals surface area contributed by atoms with Crippen LogP contribution < -0.4 is 0 Å². The van der Waals surface area contributed by atoms with E-state index in [0.717, 1.165) is 50.4 Å². The number of ether oxygens (including phenoxy) is 2. The van der Waals surface area contributed by atoms with Crippen LogP contribution in [0.2, 0.25) is 0 Å². The highest BCUT2D eigenvalue weighted by atomic mass is 16.5. The molecule has 1 aromatic heterocycles. The summed E-state index contributed by atoms with van der Waals surface area (Å²) < 4.78 is 10.7. The summed E-state index contributed by atoms with van der Waals surface area (Å²) in [6, 6.07) is 0. The van der Waals surface area contributed by atoms with Crippen LogP contribution in [0.15, 0.2) is 12.4 Å². The van der Waals surface area contributed by atoms with Crippen LogP contribution >= 0.6 is 0 Å². The van der Waals surface area contributed by atoms with Gasteiger partial charge in [0.25, 0.3) is 0 Å². The van der Waals surface area contributed by atoms with Crippen LogP contribution in [-0.2, 0) is 9.47 Å². The number of hydrogen-bond acceptors (Lipinski definition) is 6. The van der Waals surface area contributed by atoms with Gasteiger partial charge in [0.15, 0.2) is 0 Å². The zero-order valence-electron chi connectivity index (χ0n) is 20.7. The third-order valence-electron chi connectivity index (χ3n) is 5.49. The second-order valence-corrected chi connectivity index (χ2v) is 9.49. The molecule has 0 saturated heterocycles. The first-order valence-corrected chi connectivity index (χ1v) is 12.6. The quantitative estimate of drug-likeness (QED) is 0.182. The first-order chi connectivity index (χ1) is 15.4. The maximum atomic E-state index is 12.4. The number of aromatic nitrogens is 2. The average Bonchev–Trinajstić information content (AvgIpc) is 2.76. The average molecular weight is 449 g/mol. The second kappa shape index (κ2) is 17.6. The summed E-state index contributed by atoms with van der Waals surface area (Å²) in [5.41, 5.74) is 0.242. The predicted octanol–water partition coefficient (Wildman–Crippen LogP) is 6.78. The van der Waals surface area contributed by atoms with Gasteiger partial charge in [-0.15, -0.1) is 0 Å². The number of carbonyl (C=O) groups is 2. The highest BCUT2D eigenvalue weighted by Gasteiger charge is 2.20. The van der Waals surface area contributed by atoms with Gasteiger partial charge >= 0.3 is 11.9 Å². The summed E-state index contributed by atoms with van der Waals surface area (Å²) in [6.07, 6.45) is 16.0. The molecule has 32 heavy (non-hydrogen) atoms. The molecule has 1 aromatic rings. The van der Waals surface area contributed by atoms with Crippen molar-refractivity contribution in [3.63, 3.8) is 0 Å². The van der Waals surface area contributed by atoms with E-state index in [1.807, 2.05) is 0 Å². The van der Waals surface area contributed by atoms with Crippen molar-refractivity contribution in [3.8, 4) is 0 Å². The van der Waals surface area contributed by atoms with Gasteiger partial charge in [-0.2, -0.15) is 10.2 Å². The first kappa shape index (κ1) is 28.1. The zero-order chi connectivity index (χ0) is 23.6. The molecule has 0 bridgehead atoms. The minimum Gasteiger partial charge on any atom is -0.462 e. The largest absolute Gasteiger partial charge is 0.462 e. The van der Waals surface area contributed by atoms with Crippen LogP contribution in [0.3, 0.4) is 0 Å². The molecule has 0 N–H and O–H groups in total. The molecule has 1 rings (SSSR count). The van der Waals surface area contributed by atoms with E-state index in [9.17, 15) is 9.59 Å². The Balaban J connectivity index is 2.26. The van der Waals surface area contributed by atoms with E-state index in [4.69, 9.17) is 9.47 Å². The standard InChI is InChI=1S/C26H44N2O4/c1-21(2)15-11-7-5-9-13-17-31-25(29)23-19-27-28-20-24(23)26(30)32-18-14-10-6-8-12-16-22(3)4/h19-22H,5-18H2,1-4H3. The van der Waals surface area contributed by atoms with Gasteiger partial charge in [0, 0.05) is 0 Å². The Morgan fingerprint density at radius 2 is 0.969 bits per heavy atom. The summed E-state index contributed by atoms with van der Waals surface area (Å²) in [5, 5.41) is 7.47. The lowest BCUT2D eigenvalue weighted by atomic mass is 10.0. The monoisotopic (exact) mass is 448 g/mol. The van der Waals surface area contributed by atoms with Crippen LogP contribution in [0.5, 0.6) is 0 Å². The van der Waals surface area contributed by atoms with Crippen molar-refractivity contribution < 1.29 is 19.1 Å². The Bertz CT molecular complexity index is 591. The lowest BCUT2D eigenvalue weighted by Crippen LogP contribution is -2.16. The van der Waals surface area contributed by atoms with Gasteiger partial charge < -0.3 is 9.47 Å². The molecule has 0 aliphatic rings. The van der Waals surface area contributed by atoms with Gasteiger partial charge in [0.05, 0.1) is 36.7 Å². The van der Waals surface area contributed by atoms with Gasteiger partial charge in [-0.25, -0.2) is 9.59 Å². The molecule has 0 amide bonds. The summed E-state index contributed by atoms with van der Waals surface area (Å²) in [5.74, 6) is 0.421. The molecule has 0 aliphatic heterocycles. The lowest BCUT2D eigenvalue weighted by Gasteiger charge is -2.09. The second-order valence-electron chi connectivity index (χ2n) is 9.49. The van der Waals surface area contributed by atoms with E-state index in [1.165, 1.54) is 50.9 Å². The maximum absolute atomic E-state index is 12.4. The van der Waals surface area contributed by atoms with Gasteiger partial charge in [0.2, 0.25) is 0 Å². The van der Waals surface area contributed by atoms with Gasteiger partial charge in [-0.05, 0) is 24.7 Å². The first-order valence-electron chi connectivity index (χ1n) is 12.6. The number of carbonyl (C=O) groups excluding carboxylic acids is 2. The van der Waals surface area contributed by atoms with Crippen molar-refractivity contribution in [2.24, 2.45) is 11.8 Å². The fourth-order valence-electron chi connectivity index (χ4n) is 3.50. The summed E-state index contributed by atoms with van der Waals surface area (Å²) in [7, 11) is 0. The number of nitrogens with zero attached hydrogens (tertiary/aromatic N) is 2. The van der Waals surface area contributed by atoms with Crippen molar-refractivity contribution in [1.82, 2.24) is 10.2 Å². The zero-order valence-corrected chi connectivity index (χ0v) is 20.7. The molecule has 0 aliphatic carbocycles. The predicted molar refractivity (Wildman–Crippen MR) is 128 cm³/mol. The van der Waals surface area contributed by atoms with E-state index < -0.39 is 11.9 Å². The van der Waals surface area contributed by atoms with Gasteiger partial charge in [-0.1, -0.05) is 91.9 Å². The molecule has 0 spiro atoms. The number of unbranched alkanes of at least 4 members (excludes halogenated alkanes) is 8. The van der Waals surface area contributed by atoms with E-state index >= 15 is 0 Å². The summed E-state index contributed by atoms with van der Waals surface area (Å²) in [6.45, 7) is 9.66. The molecule has 6 nitrogen and oxygen atoms in total. The van der Waals surface area contributed by atoms with E-state index in [0.29, 0.717) is 13.2 Å². The Morgan fingerprint density at radius 3 is 1.34 bits per heavy atom. The Labute approximate surface area is 194 Å². The van der Waals surface area contributed by atoms with Crippen LogP contribution in [0.4, 0.5) is 0 Å². The molecule has 0 radical (unpaired) electrons. The van der Waals surface area contributed by atoms with Crippen molar-refractivity contribution in [3.05, 3.63) is 23.5 Å². The molecule has 0 atom stereocenters. The van der Waals surface area contributed by atoms with Crippen LogP contribution in [0.25, 0.3) is 0 Å². The maximum Gasteiger partial charge on any atom is 0.340 e. The fraction of sp³-hybridized carbons (Fsp3) is 0.769. The minimum atomic E-state index is -0.545. The van der Waals surface area contributed by atoms with Crippen molar-refractivity contribution >= 4 is 11.9 Å². The molecular formula is C26H44N2O4. The molecule has 6 heteroatoms. The molecular weight excluding hydrogens is 404 g/mol. The lowest BCUT2D eigenvalue weighted by molar-refractivity contribution is 0.0449. The van der Waals surface area contributed by atoms with E-state index in [1.54, 1.807) is 0 Å². The Morgan fingerprint density at radius 1 is 0.625 bits per heavy atom. The number of rotatable bonds is 18. The highest BCUT2D eigenvalue weighted by molar-refractivity contribution is 6.02. The smallest absolute Gasteiger partial charge is 0.340 e. The molecule has 0 unspecified atom stereocenters. The Hall–Kier alpha value is -1.98. The highest BCUT2D eigenvalue weighted by Crippen LogP contribution is 2.14. The van der Waals surface area contributed by atoms with Gasteiger partial charge in [-0.3, -0.25) is 0 Å². The molecule has 182 valence electrons. The molecule has 0 fully saturated rings. The van der Waals surface area contributed by atoms with Crippen molar-refractivity contribution in [2.45, 2.75) is 105 Å². The van der Waals surface area contributed by atoms with E-state index in [2.05, 4.69) is 37.9 Å². The SMILES string of the molecule is CC(C)CCCCCCCOC(=O)c1cnncc1C(=O)OCCCCCCCC(C)C. The molecule has 0 aromatic carbocycles. The van der Waals surface area contributed by atoms with E-state index in [-0.39, 0.29) is 11.1 Å². The Kier molecular flexibility index (Phi) is 15.4. The summed E-state index contributed by atoms with van der Waals surface area (Å²) >= 11 is 0. The summed E-state index contributed by atoms with van der Waals surface area (Å²) in [4.78, 5) is 24.8. The van der Waals surface area contributed by atoms with Crippen LogP contribution in [0.1, 0.15) is 125 Å². The van der Waals surface area contributed by atoms with Crippen molar-refractivity contribution in [1.29, 1.82) is 0 Å². The molecule has 0 saturated carbocycles. The topological polar surface area (TPSA) is 78.4 Å². The number of esters is 2. The van der Waals surface area contributed by atoms with Crippen LogP contribution in [-0.4, -0.2) is 35.3 Å². The van der Waals surface area contributed by atoms with Crippen molar-refractivity contribution in [2.75, 3.05) is 13.2 Å².